The van der Waals surface area contributed by atoms with Crippen molar-refractivity contribution in [2.24, 2.45) is 0 Å². The van der Waals surface area contributed by atoms with Gasteiger partial charge in [0.25, 0.3) is 5.91 Å². The minimum Gasteiger partial charge on any atom is -0.373 e. The summed E-state index contributed by atoms with van der Waals surface area (Å²) in [6, 6.07) is 6.54. The number of rotatable bonds is 5. The highest BCUT2D eigenvalue weighted by Crippen LogP contribution is 2.22. The molecule has 1 aromatic carbocycles. The van der Waals surface area contributed by atoms with Gasteiger partial charge in [0.15, 0.2) is 0 Å². The van der Waals surface area contributed by atoms with Crippen LogP contribution in [0, 0.1) is 0 Å². The molecule has 7 nitrogen and oxygen atoms in total. The van der Waals surface area contributed by atoms with Crippen LogP contribution in [0.5, 0.6) is 0 Å². The average molecular weight is 381 g/mol. The Kier molecular flexibility index (Phi) is 5.96. The molecule has 0 aromatic heterocycles. The van der Waals surface area contributed by atoms with E-state index in [0.29, 0.717) is 31.2 Å². The van der Waals surface area contributed by atoms with Crippen molar-refractivity contribution in [1.82, 2.24) is 14.9 Å². The summed E-state index contributed by atoms with van der Waals surface area (Å²) in [6.45, 7) is 5.88. The van der Waals surface area contributed by atoms with E-state index in [1.165, 1.54) is 16.4 Å². The fourth-order valence-electron chi connectivity index (χ4n) is 3.52. The van der Waals surface area contributed by atoms with Crippen molar-refractivity contribution >= 4 is 15.9 Å². The SMILES string of the molecule is CC1CN(S(=O)(=O)c2cccc(C(=O)NCC3CCCN3)c2)CC(C)O1. The van der Waals surface area contributed by atoms with E-state index in [4.69, 9.17) is 4.74 Å². The molecule has 1 aromatic rings. The molecule has 0 spiro atoms. The summed E-state index contributed by atoms with van der Waals surface area (Å²) in [6.07, 6.45) is 1.85. The summed E-state index contributed by atoms with van der Waals surface area (Å²) in [5, 5.41) is 6.20. The third-order valence-electron chi connectivity index (χ3n) is 4.79. The highest BCUT2D eigenvalue weighted by Gasteiger charge is 2.32. The summed E-state index contributed by atoms with van der Waals surface area (Å²) in [4.78, 5) is 12.5. The van der Waals surface area contributed by atoms with Crippen LogP contribution < -0.4 is 10.6 Å². The Labute approximate surface area is 155 Å². The minimum absolute atomic E-state index is 0.144. The van der Waals surface area contributed by atoms with Crippen molar-refractivity contribution in [1.29, 1.82) is 0 Å². The van der Waals surface area contributed by atoms with E-state index >= 15 is 0 Å². The lowest BCUT2D eigenvalue weighted by atomic mass is 10.2. The van der Waals surface area contributed by atoms with Gasteiger partial charge in [-0.3, -0.25) is 4.79 Å². The molecule has 0 radical (unpaired) electrons. The number of hydrogen-bond acceptors (Lipinski definition) is 5. The van der Waals surface area contributed by atoms with Gasteiger partial charge in [0, 0.05) is 31.2 Å². The van der Waals surface area contributed by atoms with Gasteiger partial charge in [0.05, 0.1) is 17.1 Å². The largest absolute Gasteiger partial charge is 0.373 e. The first kappa shape index (κ1) is 19.3. The molecule has 0 bridgehead atoms. The third kappa shape index (κ3) is 4.43. The van der Waals surface area contributed by atoms with E-state index in [1.807, 2.05) is 13.8 Å². The Morgan fingerprint density at radius 1 is 1.31 bits per heavy atom. The normalized spacial score (nSPS) is 27.4. The molecule has 2 fully saturated rings. The first-order valence-corrected chi connectivity index (χ1v) is 10.6. The zero-order chi connectivity index (χ0) is 18.7. The topological polar surface area (TPSA) is 87.7 Å². The van der Waals surface area contributed by atoms with Crippen LogP contribution in [0.4, 0.5) is 0 Å². The van der Waals surface area contributed by atoms with Crippen LogP contribution >= 0.6 is 0 Å². The van der Waals surface area contributed by atoms with Gasteiger partial charge in [-0.05, 0) is 51.4 Å². The van der Waals surface area contributed by atoms with E-state index in [9.17, 15) is 13.2 Å². The molecule has 0 saturated carbocycles. The number of amides is 1. The minimum atomic E-state index is -3.65. The quantitative estimate of drug-likeness (QED) is 0.793. The first-order chi connectivity index (χ1) is 12.4. The van der Waals surface area contributed by atoms with Crippen LogP contribution in [0.25, 0.3) is 0 Å². The Morgan fingerprint density at radius 2 is 2.04 bits per heavy atom. The fraction of sp³-hybridized carbons (Fsp3) is 0.611. The Morgan fingerprint density at radius 3 is 2.69 bits per heavy atom. The molecule has 3 atom stereocenters. The van der Waals surface area contributed by atoms with Gasteiger partial charge in [-0.2, -0.15) is 4.31 Å². The zero-order valence-corrected chi connectivity index (χ0v) is 16.1. The van der Waals surface area contributed by atoms with E-state index in [2.05, 4.69) is 10.6 Å². The number of carbonyl (C=O) groups is 1. The molecule has 144 valence electrons. The molecule has 8 heteroatoms. The maximum atomic E-state index is 12.9. The second kappa shape index (κ2) is 8.04. The molecule has 1 amide bonds. The number of nitrogens with one attached hydrogen (secondary N) is 2. The highest BCUT2D eigenvalue weighted by molar-refractivity contribution is 7.89. The highest BCUT2D eigenvalue weighted by atomic mass is 32.2. The van der Waals surface area contributed by atoms with Crippen LogP contribution in [-0.4, -0.2) is 63.1 Å². The van der Waals surface area contributed by atoms with Crippen molar-refractivity contribution in [3.63, 3.8) is 0 Å². The lowest BCUT2D eigenvalue weighted by Gasteiger charge is -2.34. The van der Waals surface area contributed by atoms with Crippen LogP contribution in [0.3, 0.4) is 0 Å². The molecule has 2 N–H and O–H groups in total. The molecular weight excluding hydrogens is 354 g/mol. The standard InChI is InChI=1S/C18H27N3O4S/c1-13-11-21(12-14(2)25-13)26(23,24)17-7-3-5-15(9-17)18(22)20-10-16-6-4-8-19-16/h3,5,7,9,13-14,16,19H,4,6,8,10-12H2,1-2H3,(H,20,22). The number of morpholine rings is 1. The predicted molar refractivity (Wildman–Crippen MR) is 98.6 cm³/mol. The van der Waals surface area contributed by atoms with Gasteiger partial charge in [0.2, 0.25) is 10.0 Å². The Balaban J connectivity index is 1.72. The molecule has 2 aliphatic heterocycles. The van der Waals surface area contributed by atoms with Crippen LogP contribution in [-0.2, 0) is 14.8 Å². The zero-order valence-electron chi connectivity index (χ0n) is 15.3. The van der Waals surface area contributed by atoms with E-state index in [0.717, 1.165) is 19.4 Å². The molecule has 2 aliphatic rings. The molecular formula is C18H27N3O4S. The smallest absolute Gasteiger partial charge is 0.251 e. The summed E-state index contributed by atoms with van der Waals surface area (Å²) in [7, 11) is -3.65. The first-order valence-electron chi connectivity index (χ1n) is 9.13. The van der Waals surface area contributed by atoms with Crippen molar-refractivity contribution in [2.45, 2.75) is 49.8 Å². The third-order valence-corrected chi connectivity index (χ3v) is 6.62. The lowest BCUT2D eigenvalue weighted by molar-refractivity contribution is -0.0440. The summed E-state index contributed by atoms with van der Waals surface area (Å²) >= 11 is 0. The average Bonchev–Trinajstić information content (AvgIpc) is 3.12. The summed E-state index contributed by atoms with van der Waals surface area (Å²) in [5.74, 6) is -0.250. The number of nitrogens with zero attached hydrogens (tertiary/aromatic N) is 1. The number of carbonyl (C=O) groups excluding carboxylic acids is 1. The Bertz CT molecular complexity index is 737. The van der Waals surface area contributed by atoms with Crippen molar-refractivity contribution < 1.29 is 17.9 Å². The molecule has 3 rings (SSSR count). The molecule has 2 heterocycles. The van der Waals surface area contributed by atoms with E-state index in [1.54, 1.807) is 12.1 Å². The van der Waals surface area contributed by atoms with Gasteiger partial charge >= 0.3 is 0 Å². The van der Waals surface area contributed by atoms with Gasteiger partial charge in [-0.15, -0.1) is 0 Å². The Hall–Kier alpha value is -1.48. The molecule has 0 aliphatic carbocycles. The second-order valence-corrected chi connectivity index (χ2v) is 9.05. The molecule has 26 heavy (non-hydrogen) atoms. The summed E-state index contributed by atoms with van der Waals surface area (Å²) in [5.41, 5.74) is 0.360. The van der Waals surface area contributed by atoms with Crippen molar-refractivity contribution in [3.05, 3.63) is 29.8 Å². The predicted octanol–water partition coefficient (Wildman–Crippen LogP) is 0.966. The van der Waals surface area contributed by atoms with Crippen molar-refractivity contribution in [3.8, 4) is 0 Å². The van der Waals surface area contributed by atoms with E-state index < -0.39 is 10.0 Å². The number of hydrogen-bond donors (Lipinski definition) is 2. The fourth-order valence-corrected chi connectivity index (χ4v) is 5.16. The van der Waals surface area contributed by atoms with Crippen LogP contribution in [0.2, 0.25) is 0 Å². The van der Waals surface area contributed by atoms with Gasteiger partial charge < -0.3 is 15.4 Å². The van der Waals surface area contributed by atoms with Crippen LogP contribution in [0.15, 0.2) is 29.2 Å². The van der Waals surface area contributed by atoms with E-state index in [-0.39, 0.29) is 23.0 Å². The second-order valence-electron chi connectivity index (χ2n) is 7.11. The number of ether oxygens (including phenoxy) is 1. The number of benzene rings is 1. The summed E-state index contributed by atoms with van der Waals surface area (Å²) < 4.78 is 32.9. The molecule has 3 unspecified atom stereocenters. The van der Waals surface area contributed by atoms with Gasteiger partial charge in [0.1, 0.15) is 0 Å². The van der Waals surface area contributed by atoms with Gasteiger partial charge in [-0.25, -0.2) is 8.42 Å². The van der Waals surface area contributed by atoms with Crippen molar-refractivity contribution in [2.75, 3.05) is 26.2 Å². The van der Waals surface area contributed by atoms with Crippen LogP contribution in [0.1, 0.15) is 37.0 Å². The monoisotopic (exact) mass is 381 g/mol. The maximum Gasteiger partial charge on any atom is 0.251 e. The molecule has 2 saturated heterocycles. The lowest BCUT2D eigenvalue weighted by Crippen LogP contribution is -2.48. The maximum absolute atomic E-state index is 12.9. The van der Waals surface area contributed by atoms with Gasteiger partial charge in [-0.1, -0.05) is 6.07 Å². The number of sulfonamides is 1.